The highest BCUT2D eigenvalue weighted by Gasteiger charge is 2.30. The van der Waals surface area contributed by atoms with Crippen molar-refractivity contribution in [1.82, 2.24) is 0 Å². The molecule has 0 aliphatic rings. The lowest BCUT2D eigenvalue weighted by Crippen LogP contribution is -2.14. The molecule has 1 rings (SSSR count). The highest BCUT2D eigenvalue weighted by Crippen LogP contribution is 2.28. The molecular formula is C7H3F4Si. The minimum absolute atomic E-state index is 0.190. The molecule has 0 aliphatic carbocycles. The lowest BCUT2D eigenvalue weighted by Gasteiger charge is -2.06. The Balaban J connectivity index is 3.14. The molecular weight excluding hydrogens is 188 g/mol. The zero-order valence-corrected chi connectivity index (χ0v) is 6.74. The van der Waals surface area contributed by atoms with Crippen LogP contribution in [0.5, 0.6) is 0 Å². The Labute approximate surface area is 69.6 Å². The summed E-state index contributed by atoms with van der Waals surface area (Å²) in [6, 6.07) is 2.16. The third-order valence-electron chi connectivity index (χ3n) is 1.29. The first-order valence-corrected chi connectivity index (χ1v) is 3.49. The van der Waals surface area contributed by atoms with Crippen molar-refractivity contribution in [1.29, 1.82) is 0 Å². The van der Waals surface area contributed by atoms with Crippen LogP contribution in [0.4, 0.5) is 17.6 Å². The van der Waals surface area contributed by atoms with Gasteiger partial charge in [-0.25, -0.2) is 4.39 Å². The summed E-state index contributed by atoms with van der Waals surface area (Å²) in [5.74, 6) is -0.709. The first-order chi connectivity index (χ1) is 5.41. The van der Waals surface area contributed by atoms with Crippen LogP contribution in [0.3, 0.4) is 0 Å². The van der Waals surface area contributed by atoms with E-state index in [1.165, 1.54) is 0 Å². The van der Waals surface area contributed by atoms with Gasteiger partial charge in [-0.2, -0.15) is 13.2 Å². The van der Waals surface area contributed by atoms with Gasteiger partial charge in [0, 0.05) is 0 Å². The fourth-order valence-electron chi connectivity index (χ4n) is 0.702. The maximum Gasteiger partial charge on any atom is 0.416 e. The highest BCUT2D eigenvalue weighted by atomic mass is 28.1. The molecule has 5 heteroatoms. The summed E-state index contributed by atoms with van der Waals surface area (Å²) in [6.45, 7) is 0. The van der Waals surface area contributed by atoms with Gasteiger partial charge in [0.25, 0.3) is 0 Å². The normalized spacial score (nSPS) is 11.8. The number of halogens is 4. The van der Waals surface area contributed by atoms with Crippen molar-refractivity contribution in [3.63, 3.8) is 0 Å². The zero-order valence-electron chi connectivity index (χ0n) is 5.74. The second kappa shape index (κ2) is 2.89. The van der Waals surface area contributed by atoms with Gasteiger partial charge in [0.15, 0.2) is 0 Å². The van der Waals surface area contributed by atoms with Crippen LogP contribution in [-0.4, -0.2) is 10.2 Å². The van der Waals surface area contributed by atoms with E-state index >= 15 is 0 Å². The fourth-order valence-corrected chi connectivity index (χ4v) is 0.940. The standard InChI is InChI=1S/C7H3F4Si/c8-5-2-1-4(3-6(5)12)7(9,10)11/h1-3H. The summed E-state index contributed by atoms with van der Waals surface area (Å²) in [5, 5.41) is -0.190. The third-order valence-corrected chi connectivity index (χ3v) is 1.68. The van der Waals surface area contributed by atoms with E-state index in [-0.39, 0.29) is 5.19 Å². The van der Waals surface area contributed by atoms with Crippen molar-refractivity contribution in [2.45, 2.75) is 6.18 Å². The minimum atomic E-state index is -4.42. The maximum atomic E-state index is 12.5. The topological polar surface area (TPSA) is 0 Å². The van der Waals surface area contributed by atoms with Crippen molar-refractivity contribution < 1.29 is 17.6 Å². The van der Waals surface area contributed by atoms with Gasteiger partial charge in [0.2, 0.25) is 0 Å². The zero-order chi connectivity index (χ0) is 9.35. The summed E-state index contributed by atoms with van der Waals surface area (Å²) in [6.07, 6.45) is -4.42. The molecule has 0 bridgehead atoms. The van der Waals surface area contributed by atoms with Crippen molar-refractivity contribution in [2.24, 2.45) is 0 Å². The molecule has 0 atom stereocenters. The van der Waals surface area contributed by atoms with Crippen LogP contribution in [-0.2, 0) is 6.18 Å². The van der Waals surface area contributed by atoms with Crippen LogP contribution in [0.2, 0.25) is 0 Å². The second-order valence-corrected chi connectivity index (χ2v) is 2.73. The third kappa shape index (κ3) is 1.85. The molecule has 0 heterocycles. The SMILES string of the molecule is Fc1ccc(C(F)(F)F)cc1[Si]. The lowest BCUT2D eigenvalue weighted by atomic mass is 10.2. The van der Waals surface area contributed by atoms with E-state index in [9.17, 15) is 17.6 Å². The molecule has 1 aromatic carbocycles. The van der Waals surface area contributed by atoms with Gasteiger partial charge in [0.1, 0.15) is 5.82 Å². The van der Waals surface area contributed by atoms with Crippen LogP contribution in [0.15, 0.2) is 18.2 Å². The number of alkyl halides is 3. The van der Waals surface area contributed by atoms with Crippen molar-refractivity contribution in [3.05, 3.63) is 29.6 Å². The van der Waals surface area contributed by atoms with E-state index in [0.29, 0.717) is 12.1 Å². The number of hydrogen-bond donors (Lipinski definition) is 0. The summed E-state index contributed by atoms with van der Waals surface area (Å²) in [4.78, 5) is 0. The molecule has 0 saturated heterocycles. The van der Waals surface area contributed by atoms with Crippen LogP contribution in [0, 0.1) is 5.82 Å². The molecule has 0 fully saturated rings. The Morgan fingerprint density at radius 2 is 1.75 bits per heavy atom. The van der Waals surface area contributed by atoms with Gasteiger partial charge in [-0.1, -0.05) is 0 Å². The van der Waals surface area contributed by atoms with Gasteiger partial charge in [-0.05, 0) is 23.4 Å². The van der Waals surface area contributed by atoms with Gasteiger partial charge >= 0.3 is 6.18 Å². The predicted octanol–water partition coefficient (Wildman–Crippen LogP) is 1.64. The molecule has 0 aliphatic heterocycles. The number of benzene rings is 1. The Hall–Kier alpha value is -0.843. The fraction of sp³-hybridized carbons (Fsp3) is 0.143. The molecule has 0 spiro atoms. The van der Waals surface area contributed by atoms with Gasteiger partial charge in [-0.15, -0.1) is 0 Å². The Morgan fingerprint density at radius 3 is 2.17 bits per heavy atom. The van der Waals surface area contributed by atoms with E-state index < -0.39 is 17.6 Å². The second-order valence-electron chi connectivity index (χ2n) is 2.19. The van der Waals surface area contributed by atoms with Crippen LogP contribution in [0.25, 0.3) is 0 Å². The first kappa shape index (κ1) is 9.25. The average molecular weight is 191 g/mol. The van der Waals surface area contributed by atoms with Crippen LogP contribution in [0.1, 0.15) is 5.56 Å². The Bertz CT molecular complexity index is 292. The highest BCUT2D eigenvalue weighted by molar-refractivity contribution is 6.32. The van der Waals surface area contributed by atoms with E-state index in [1.807, 2.05) is 0 Å². The van der Waals surface area contributed by atoms with Gasteiger partial charge in [-0.3, -0.25) is 0 Å². The van der Waals surface area contributed by atoms with Crippen LogP contribution >= 0.6 is 0 Å². The largest absolute Gasteiger partial charge is 0.416 e. The first-order valence-electron chi connectivity index (χ1n) is 2.99. The minimum Gasteiger partial charge on any atom is -0.207 e. The molecule has 0 aromatic heterocycles. The summed E-state index contributed by atoms with van der Waals surface area (Å²) in [5.41, 5.74) is -0.867. The van der Waals surface area contributed by atoms with Crippen molar-refractivity contribution in [2.75, 3.05) is 0 Å². The predicted molar refractivity (Wildman–Crippen MR) is 36.8 cm³/mol. The summed E-state index contributed by atoms with van der Waals surface area (Å²) < 4.78 is 48.3. The molecule has 0 saturated carbocycles. The van der Waals surface area contributed by atoms with E-state index in [2.05, 4.69) is 10.2 Å². The molecule has 1 aromatic rings. The smallest absolute Gasteiger partial charge is 0.207 e. The molecule has 0 N–H and O–H groups in total. The Morgan fingerprint density at radius 1 is 1.17 bits per heavy atom. The van der Waals surface area contributed by atoms with Gasteiger partial charge in [0.05, 0.1) is 15.8 Å². The monoisotopic (exact) mass is 191 g/mol. The van der Waals surface area contributed by atoms with Gasteiger partial charge < -0.3 is 0 Å². The van der Waals surface area contributed by atoms with E-state index in [1.54, 1.807) is 0 Å². The van der Waals surface area contributed by atoms with E-state index in [0.717, 1.165) is 6.07 Å². The molecule has 3 radical (unpaired) electrons. The molecule has 0 unspecified atom stereocenters. The average Bonchev–Trinajstić information content (AvgIpc) is 1.92. The Kier molecular flexibility index (Phi) is 2.23. The quantitative estimate of drug-likeness (QED) is 0.432. The molecule has 0 nitrogen and oxygen atoms in total. The maximum absolute atomic E-state index is 12.5. The molecule has 0 amide bonds. The van der Waals surface area contributed by atoms with Crippen molar-refractivity contribution >= 4 is 15.4 Å². The van der Waals surface area contributed by atoms with Crippen LogP contribution < -0.4 is 5.19 Å². The number of hydrogen-bond acceptors (Lipinski definition) is 0. The summed E-state index contributed by atoms with van der Waals surface area (Å²) >= 11 is 0. The number of rotatable bonds is 0. The lowest BCUT2D eigenvalue weighted by molar-refractivity contribution is -0.137. The molecule has 63 valence electrons. The molecule has 12 heavy (non-hydrogen) atoms. The summed E-state index contributed by atoms with van der Waals surface area (Å²) in [7, 11) is 2.71. The van der Waals surface area contributed by atoms with Crippen molar-refractivity contribution in [3.8, 4) is 0 Å². The van der Waals surface area contributed by atoms with E-state index in [4.69, 9.17) is 0 Å².